The summed E-state index contributed by atoms with van der Waals surface area (Å²) in [6, 6.07) is 7.26. The van der Waals surface area contributed by atoms with Crippen LogP contribution in [0, 0.1) is 0 Å². The monoisotopic (exact) mass is 465 g/mol. The topological polar surface area (TPSA) is 51.5 Å². The minimum Gasteiger partial charge on any atom is -0.481 e. The molecule has 1 aromatic carbocycles. The molecule has 1 aromatic heterocycles. The maximum absolute atomic E-state index is 11.7. The van der Waals surface area contributed by atoms with E-state index in [4.69, 9.17) is 9.15 Å². The zero-order valence-electron chi connectivity index (χ0n) is 10.2. The molecule has 1 amide bonds. The highest BCUT2D eigenvalue weighted by molar-refractivity contribution is 9.11. The molecule has 0 aliphatic carbocycles. The summed E-state index contributed by atoms with van der Waals surface area (Å²) in [7, 11) is 0. The molecule has 0 atom stereocenters. The van der Waals surface area contributed by atoms with Gasteiger partial charge in [-0.3, -0.25) is 4.79 Å². The number of amides is 1. The number of hydrogen-bond acceptors (Lipinski definition) is 3. The lowest BCUT2D eigenvalue weighted by Crippen LogP contribution is -2.28. The molecule has 2 aromatic rings. The lowest BCUT2D eigenvalue weighted by Gasteiger charge is -2.10. The van der Waals surface area contributed by atoms with Gasteiger partial charge in [-0.2, -0.15) is 0 Å². The molecule has 1 N–H and O–H groups in total. The van der Waals surface area contributed by atoms with E-state index in [9.17, 15) is 4.79 Å². The zero-order valence-corrected chi connectivity index (χ0v) is 14.9. The molecule has 0 spiro atoms. The smallest absolute Gasteiger partial charge is 0.258 e. The molecule has 106 valence electrons. The quantitative estimate of drug-likeness (QED) is 0.714. The molecule has 0 unspecified atom stereocenters. The van der Waals surface area contributed by atoms with Crippen molar-refractivity contribution in [3.05, 3.63) is 49.7 Å². The van der Waals surface area contributed by atoms with Gasteiger partial charge in [-0.15, -0.1) is 0 Å². The molecule has 7 heteroatoms. The molecule has 0 fully saturated rings. The van der Waals surface area contributed by atoms with E-state index in [0.717, 1.165) is 13.4 Å². The summed E-state index contributed by atoms with van der Waals surface area (Å²) in [4.78, 5) is 11.7. The average Bonchev–Trinajstić information content (AvgIpc) is 2.88. The predicted molar refractivity (Wildman–Crippen MR) is 85.6 cm³/mol. The molecule has 0 aliphatic heterocycles. The van der Waals surface area contributed by atoms with Crippen molar-refractivity contribution in [3.8, 4) is 5.75 Å². The summed E-state index contributed by atoms with van der Waals surface area (Å²) in [5.74, 6) is 1.06. The first-order valence-corrected chi connectivity index (χ1v) is 8.00. The third-order valence-electron chi connectivity index (χ3n) is 2.35. The first kappa shape index (κ1) is 15.6. The summed E-state index contributed by atoms with van der Waals surface area (Å²) in [5.41, 5.74) is 0. The Morgan fingerprint density at radius 1 is 1.25 bits per heavy atom. The van der Waals surface area contributed by atoms with Gasteiger partial charge in [0.05, 0.1) is 21.8 Å². The van der Waals surface area contributed by atoms with E-state index in [0.29, 0.717) is 18.1 Å². The summed E-state index contributed by atoms with van der Waals surface area (Å²) in [6.45, 7) is 0.275. The lowest BCUT2D eigenvalue weighted by atomic mass is 10.3. The average molecular weight is 468 g/mol. The highest BCUT2D eigenvalue weighted by atomic mass is 79.9. The molecule has 0 saturated heterocycles. The molecular formula is C13H10Br3NO3. The van der Waals surface area contributed by atoms with Crippen LogP contribution < -0.4 is 10.1 Å². The van der Waals surface area contributed by atoms with Gasteiger partial charge in [0.2, 0.25) is 0 Å². The molecule has 20 heavy (non-hydrogen) atoms. The van der Waals surface area contributed by atoms with Gasteiger partial charge in [0, 0.05) is 4.47 Å². The predicted octanol–water partition coefficient (Wildman–Crippen LogP) is 4.26. The van der Waals surface area contributed by atoms with E-state index in [-0.39, 0.29) is 12.5 Å². The van der Waals surface area contributed by atoms with E-state index in [1.54, 1.807) is 18.4 Å². The number of benzene rings is 1. The van der Waals surface area contributed by atoms with Gasteiger partial charge in [-0.05, 0) is 56.1 Å². The van der Waals surface area contributed by atoms with Gasteiger partial charge in [0.1, 0.15) is 11.5 Å². The Morgan fingerprint density at radius 2 is 1.95 bits per heavy atom. The molecular weight excluding hydrogens is 458 g/mol. The molecule has 1 heterocycles. The number of ether oxygens (including phenoxy) is 1. The van der Waals surface area contributed by atoms with Crippen LogP contribution >= 0.6 is 47.8 Å². The van der Waals surface area contributed by atoms with Crippen LogP contribution in [0.25, 0.3) is 0 Å². The van der Waals surface area contributed by atoms with Crippen molar-refractivity contribution in [1.29, 1.82) is 0 Å². The largest absolute Gasteiger partial charge is 0.481 e. The second-order valence-electron chi connectivity index (χ2n) is 3.84. The highest BCUT2D eigenvalue weighted by Crippen LogP contribution is 2.36. The Balaban J connectivity index is 1.87. The Kier molecular flexibility index (Phi) is 5.68. The maximum Gasteiger partial charge on any atom is 0.258 e. The van der Waals surface area contributed by atoms with Crippen molar-refractivity contribution < 1.29 is 13.9 Å². The maximum atomic E-state index is 11.7. The second kappa shape index (κ2) is 7.28. The van der Waals surface area contributed by atoms with Crippen LogP contribution in [0.4, 0.5) is 0 Å². The number of nitrogens with one attached hydrogen (secondary N) is 1. The molecule has 0 aliphatic rings. The van der Waals surface area contributed by atoms with Crippen molar-refractivity contribution in [2.45, 2.75) is 6.54 Å². The van der Waals surface area contributed by atoms with Crippen LogP contribution in [-0.4, -0.2) is 12.5 Å². The summed E-state index contributed by atoms with van der Waals surface area (Å²) in [5, 5.41) is 2.71. The summed E-state index contributed by atoms with van der Waals surface area (Å²) in [6.07, 6.45) is 1.56. The molecule has 0 radical (unpaired) electrons. The Bertz CT molecular complexity index is 576. The van der Waals surface area contributed by atoms with Crippen LogP contribution in [0.5, 0.6) is 5.75 Å². The van der Waals surface area contributed by atoms with Crippen LogP contribution in [0.3, 0.4) is 0 Å². The van der Waals surface area contributed by atoms with E-state index >= 15 is 0 Å². The van der Waals surface area contributed by atoms with Crippen molar-refractivity contribution in [3.63, 3.8) is 0 Å². The van der Waals surface area contributed by atoms with Crippen molar-refractivity contribution in [2.24, 2.45) is 0 Å². The molecule has 2 rings (SSSR count). The van der Waals surface area contributed by atoms with Crippen LogP contribution in [0.1, 0.15) is 5.76 Å². The lowest BCUT2D eigenvalue weighted by molar-refractivity contribution is -0.123. The van der Waals surface area contributed by atoms with Crippen molar-refractivity contribution in [1.82, 2.24) is 5.32 Å². The van der Waals surface area contributed by atoms with Gasteiger partial charge in [-0.25, -0.2) is 0 Å². The highest BCUT2D eigenvalue weighted by Gasteiger charge is 2.10. The Hall–Kier alpha value is -0.790. The molecule has 0 bridgehead atoms. The molecule has 0 saturated carbocycles. The summed E-state index contributed by atoms with van der Waals surface area (Å²) >= 11 is 10.1. The number of carbonyl (C=O) groups is 1. The summed E-state index contributed by atoms with van der Waals surface area (Å²) < 4.78 is 13.1. The van der Waals surface area contributed by atoms with Gasteiger partial charge >= 0.3 is 0 Å². The third kappa shape index (κ3) is 4.36. The number of furan rings is 1. The van der Waals surface area contributed by atoms with Crippen LogP contribution in [-0.2, 0) is 11.3 Å². The van der Waals surface area contributed by atoms with Crippen molar-refractivity contribution in [2.75, 3.05) is 6.61 Å². The van der Waals surface area contributed by atoms with Gasteiger partial charge in [0.15, 0.2) is 6.61 Å². The van der Waals surface area contributed by atoms with Gasteiger partial charge in [0.25, 0.3) is 5.91 Å². The number of hydrogen-bond donors (Lipinski definition) is 1. The standard InChI is InChI=1S/C13H10Br3NO3/c14-8-4-10(15)13(11(16)5-8)20-7-12(18)17-6-9-2-1-3-19-9/h1-5H,6-7H2,(H,17,18). The number of rotatable bonds is 5. The van der Waals surface area contributed by atoms with Crippen LogP contribution in [0.15, 0.2) is 48.4 Å². The SMILES string of the molecule is O=C(COc1c(Br)cc(Br)cc1Br)NCc1ccco1. The first-order valence-electron chi connectivity index (χ1n) is 5.62. The minimum absolute atomic E-state index is 0.0699. The fraction of sp³-hybridized carbons (Fsp3) is 0.154. The number of carbonyl (C=O) groups excluding carboxylic acids is 1. The minimum atomic E-state index is -0.219. The third-order valence-corrected chi connectivity index (χ3v) is 3.99. The first-order chi connectivity index (χ1) is 9.56. The molecule has 4 nitrogen and oxygen atoms in total. The fourth-order valence-electron chi connectivity index (χ4n) is 1.45. The van der Waals surface area contributed by atoms with Gasteiger partial charge in [-0.1, -0.05) is 15.9 Å². The van der Waals surface area contributed by atoms with E-state index < -0.39 is 0 Å². The Labute approximate surface area is 141 Å². The van der Waals surface area contributed by atoms with Gasteiger partial charge < -0.3 is 14.5 Å². The van der Waals surface area contributed by atoms with E-state index in [2.05, 4.69) is 53.1 Å². The zero-order chi connectivity index (χ0) is 14.5. The Morgan fingerprint density at radius 3 is 2.55 bits per heavy atom. The number of halogens is 3. The fourth-order valence-corrected chi connectivity index (χ4v) is 3.94. The van der Waals surface area contributed by atoms with E-state index in [1.165, 1.54) is 0 Å². The van der Waals surface area contributed by atoms with Crippen LogP contribution in [0.2, 0.25) is 0 Å². The van der Waals surface area contributed by atoms with Crippen molar-refractivity contribution >= 4 is 53.7 Å². The van der Waals surface area contributed by atoms with E-state index in [1.807, 2.05) is 12.1 Å². The normalized spacial score (nSPS) is 10.3. The second-order valence-corrected chi connectivity index (χ2v) is 6.47.